The van der Waals surface area contributed by atoms with Crippen LogP contribution in [0.15, 0.2) is 18.3 Å². The Balaban J connectivity index is 1.46. The highest BCUT2D eigenvalue weighted by molar-refractivity contribution is 5.53. The number of hydrogen-bond acceptors (Lipinski definition) is 6. The molecule has 4 rings (SSSR count). The molecule has 7 heteroatoms. The molecule has 0 aromatic carbocycles. The van der Waals surface area contributed by atoms with E-state index in [1.807, 2.05) is 6.07 Å². The lowest BCUT2D eigenvalue weighted by molar-refractivity contribution is 0.238. The molecule has 2 aromatic heterocycles. The van der Waals surface area contributed by atoms with E-state index >= 15 is 0 Å². The maximum atomic E-state index is 9.24. The lowest BCUT2D eigenvalue weighted by atomic mass is 10.1. The van der Waals surface area contributed by atoms with Crippen molar-refractivity contribution in [2.24, 2.45) is 5.92 Å². The molecule has 2 aliphatic rings. The summed E-state index contributed by atoms with van der Waals surface area (Å²) in [5.41, 5.74) is 1.20. The molecular weight excluding hydrogens is 280 g/mol. The topological polar surface area (TPSA) is 90.0 Å². The van der Waals surface area contributed by atoms with Gasteiger partial charge in [-0.3, -0.25) is 5.10 Å². The summed E-state index contributed by atoms with van der Waals surface area (Å²) in [6, 6.07) is 3.89. The Labute approximate surface area is 128 Å². The number of aliphatic hydroxyl groups excluding tert-OH is 1. The summed E-state index contributed by atoms with van der Waals surface area (Å²) in [6.07, 6.45) is 5.24. The zero-order valence-electron chi connectivity index (χ0n) is 12.4. The molecule has 22 heavy (non-hydrogen) atoms. The van der Waals surface area contributed by atoms with Gasteiger partial charge < -0.3 is 15.3 Å². The van der Waals surface area contributed by atoms with Crippen LogP contribution in [-0.4, -0.2) is 45.0 Å². The molecule has 3 N–H and O–H groups in total. The van der Waals surface area contributed by atoms with Crippen LogP contribution in [-0.2, 0) is 0 Å². The quantitative estimate of drug-likeness (QED) is 0.778. The zero-order valence-corrected chi connectivity index (χ0v) is 12.4. The maximum absolute atomic E-state index is 9.24. The minimum atomic E-state index is 0.228. The number of anilines is 3. The first-order valence-electron chi connectivity index (χ1n) is 7.83. The lowest BCUT2D eigenvalue weighted by Gasteiger charge is -2.16. The lowest BCUT2D eigenvalue weighted by Crippen LogP contribution is -2.23. The molecule has 2 fully saturated rings. The molecule has 2 aromatic rings. The van der Waals surface area contributed by atoms with Crippen molar-refractivity contribution in [3.05, 3.63) is 24.0 Å². The number of aromatic nitrogens is 4. The van der Waals surface area contributed by atoms with Crippen LogP contribution in [0.25, 0.3) is 0 Å². The normalized spacial score (nSPS) is 21.3. The van der Waals surface area contributed by atoms with Crippen molar-refractivity contribution in [1.29, 1.82) is 0 Å². The molecule has 7 nitrogen and oxygen atoms in total. The standard InChI is InChI=1S/C15H20N6O/c22-9-10-4-6-21(8-10)15-16-5-3-13(18-15)17-14-7-12(19-20-14)11-1-2-11/h3,5,7,10-11,22H,1-2,4,6,8-9H2,(H2,16,17,18,19,20)/t10-/m0/s1. The minimum Gasteiger partial charge on any atom is -0.396 e. The fourth-order valence-electron chi connectivity index (χ4n) is 2.87. The number of nitrogens with one attached hydrogen (secondary N) is 2. The van der Waals surface area contributed by atoms with Gasteiger partial charge in [0.15, 0.2) is 5.82 Å². The second-order valence-electron chi connectivity index (χ2n) is 6.13. The summed E-state index contributed by atoms with van der Waals surface area (Å²) in [7, 11) is 0. The van der Waals surface area contributed by atoms with Gasteiger partial charge in [0.1, 0.15) is 5.82 Å². The summed E-state index contributed by atoms with van der Waals surface area (Å²) >= 11 is 0. The first-order chi connectivity index (χ1) is 10.8. The van der Waals surface area contributed by atoms with E-state index in [0.717, 1.165) is 31.1 Å². The summed E-state index contributed by atoms with van der Waals surface area (Å²) in [4.78, 5) is 11.0. The van der Waals surface area contributed by atoms with Crippen LogP contribution in [0.1, 0.15) is 30.9 Å². The van der Waals surface area contributed by atoms with Gasteiger partial charge in [-0.15, -0.1) is 0 Å². The van der Waals surface area contributed by atoms with Gasteiger partial charge in [-0.1, -0.05) is 0 Å². The number of rotatable bonds is 5. The van der Waals surface area contributed by atoms with E-state index in [1.165, 1.54) is 18.5 Å². The van der Waals surface area contributed by atoms with Crippen molar-refractivity contribution in [2.75, 3.05) is 29.9 Å². The molecule has 1 saturated heterocycles. The SMILES string of the molecule is OC[C@H]1CCN(c2nccc(Nc3cc(C4CC4)[nH]n3)n2)C1. The molecule has 1 aliphatic carbocycles. The van der Waals surface area contributed by atoms with Crippen LogP contribution in [0.2, 0.25) is 0 Å². The van der Waals surface area contributed by atoms with Gasteiger partial charge in [0, 0.05) is 49.5 Å². The van der Waals surface area contributed by atoms with E-state index < -0.39 is 0 Å². The predicted octanol–water partition coefficient (Wildman–Crippen LogP) is 1.64. The van der Waals surface area contributed by atoms with Crippen molar-refractivity contribution >= 4 is 17.6 Å². The molecule has 0 unspecified atom stereocenters. The third-order valence-corrected chi connectivity index (χ3v) is 4.34. The zero-order chi connectivity index (χ0) is 14.9. The van der Waals surface area contributed by atoms with E-state index in [9.17, 15) is 5.11 Å². The monoisotopic (exact) mass is 300 g/mol. The van der Waals surface area contributed by atoms with E-state index in [4.69, 9.17) is 0 Å². The highest BCUT2D eigenvalue weighted by Gasteiger charge is 2.26. The fourth-order valence-corrected chi connectivity index (χ4v) is 2.87. The first kappa shape index (κ1) is 13.5. The van der Waals surface area contributed by atoms with E-state index in [2.05, 4.69) is 36.4 Å². The summed E-state index contributed by atoms with van der Waals surface area (Å²) in [5.74, 6) is 3.23. The highest BCUT2D eigenvalue weighted by Crippen LogP contribution is 2.39. The second kappa shape index (κ2) is 5.57. The first-order valence-corrected chi connectivity index (χ1v) is 7.83. The van der Waals surface area contributed by atoms with Crippen molar-refractivity contribution in [3.8, 4) is 0 Å². The van der Waals surface area contributed by atoms with E-state index in [1.54, 1.807) is 6.20 Å². The Hall–Kier alpha value is -2.15. The van der Waals surface area contributed by atoms with Crippen molar-refractivity contribution in [1.82, 2.24) is 20.2 Å². The number of nitrogens with zero attached hydrogens (tertiary/aromatic N) is 4. The number of aliphatic hydroxyl groups is 1. The summed E-state index contributed by atoms with van der Waals surface area (Å²) in [5, 5.41) is 19.8. The molecule has 0 amide bonds. The van der Waals surface area contributed by atoms with Gasteiger partial charge in [0.25, 0.3) is 0 Å². The van der Waals surface area contributed by atoms with Crippen molar-refractivity contribution in [2.45, 2.75) is 25.2 Å². The van der Waals surface area contributed by atoms with Gasteiger partial charge in [-0.2, -0.15) is 10.1 Å². The number of aromatic amines is 1. The van der Waals surface area contributed by atoms with Crippen molar-refractivity contribution in [3.63, 3.8) is 0 Å². The largest absolute Gasteiger partial charge is 0.396 e. The Morgan fingerprint density at radius 1 is 1.32 bits per heavy atom. The van der Waals surface area contributed by atoms with Crippen LogP contribution < -0.4 is 10.2 Å². The van der Waals surface area contributed by atoms with Crippen LogP contribution in [0, 0.1) is 5.92 Å². The molecular formula is C15H20N6O. The van der Waals surface area contributed by atoms with Gasteiger partial charge in [0.2, 0.25) is 5.95 Å². The van der Waals surface area contributed by atoms with Crippen LogP contribution in [0.5, 0.6) is 0 Å². The number of hydrogen-bond donors (Lipinski definition) is 3. The van der Waals surface area contributed by atoms with Gasteiger partial charge in [-0.05, 0) is 25.3 Å². The smallest absolute Gasteiger partial charge is 0.227 e. The Morgan fingerprint density at radius 2 is 2.23 bits per heavy atom. The molecule has 0 bridgehead atoms. The maximum Gasteiger partial charge on any atom is 0.227 e. The summed E-state index contributed by atoms with van der Waals surface area (Å²) in [6.45, 7) is 1.93. The average Bonchev–Trinajstić information content (AvgIpc) is 3.10. The second-order valence-corrected chi connectivity index (χ2v) is 6.13. The third-order valence-electron chi connectivity index (χ3n) is 4.34. The van der Waals surface area contributed by atoms with Gasteiger partial charge in [0.05, 0.1) is 0 Å². The Morgan fingerprint density at radius 3 is 3.00 bits per heavy atom. The molecule has 116 valence electrons. The fraction of sp³-hybridized carbons (Fsp3) is 0.533. The predicted molar refractivity (Wildman–Crippen MR) is 83.3 cm³/mol. The highest BCUT2D eigenvalue weighted by atomic mass is 16.3. The van der Waals surface area contributed by atoms with Crippen LogP contribution in [0.3, 0.4) is 0 Å². The Bertz CT molecular complexity index is 653. The van der Waals surface area contributed by atoms with Gasteiger partial charge in [-0.25, -0.2) is 4.98 Å². The van der Waals surface area contributed by atoms with Gasteiger partial charge >= 0.3 is 0 Å². The van der Waals surface area contributed by atoms with E-state index in [0.29, 0.717) is 17.8 Å². The molecule has 1 atom stereocenters. The van der Waals surface area contributed by atoms with Crippen LogP contribution >= 0.6 is 0 Å². The number of H-pyrrole nitrogens is 1. The molecule has 1 aliphatic heterocycles. The minimum absolute atomic E-state index is 0.228. The molecule has 0 radical (unpaired) electrons. The van der Waals surface area contributed by atoms with Crippen LogP contribution in [0.4, 0.5) is 17.6 Å². The third kappa shape index (κ3) is 2.76. The van der Waals surface area contributed by atoms with E-state index in [-0.39, 0.29) is 6.61 Å². The van der Waals surface area contributed by atoms with Crippen molar-refractivity contribution < 1.29 is 5.11 Å². The molecule has 0 spiro atoms. The Kier molecular flexibility index (Phi) is 3.42. The average molecular weight is 300 g/mol. The summed E-state index contributed by atoms with van der Waals surface area (Å²) < 4.78 is 0. The molecule has 1 saturated carbocycles. The molecule has 3 heterocycles.